The summed E-state index contributed by atoms with van der Waals surface area (Å²) in [6.45, 7) is 4.10. The van der Waals surface area contributed by atoms with Crippen molar-refractivity contribution in [3.05, 3.63) is 0 Å². The second-order valence-electron chi connectivity index (χ2n) is 5.75. The van der Waals surface area contributed by atoms with E-state index in [0.717, 1.165) is 24.9 Å². The second kappa shape index (κ2) is 4.94. The van der Waals surface area contributed by atoms with Crippen molar-refractivity contribution in [3.63, 3.8) is 0 Å². The standard InChI is InChI=1S/C13H24N2O2/c1-2-13(14,12(16)17)6-3-7-15-9-10-4-5-11(15)8-10/h10-11H,2-9,14H2,1H3,(H,16,17). The summed E-state index contributed by atoms with van der Waals surface area (Å²) in [5.41, 5.74) is 4.87. The second-order valence-corrected chi connectivity index (χ2v) is 5.75. The highest BCUT2D eigenvalue weighted by atomic mass is 16.4. The van der Waals surface area contributed by atoms with Gasteiger partial charge in [0.15, 0.2) is 0 Å². The van der Waals surface area contributed by atoms with Crippen molar-refractivity contribution < 1.29 is 9.90 Å². The van der Waals surface area contributed by atoms with Crippen molar-refractivity contribution in [2.75, 3.05) is 13.1 Å². The molecule has 0 aromatic carbocycles. The lowest BCUT2D eigenvalue weighted by Gasteiger charge is -2.29. The highest BCUT2D eigenvalue weighted by Gasteiger charge is 2.38. The van der Waals surface area contributed by atoms with Crippen LogP contribution < -0.4 is 5.73 Å². The first-order valence-electron chi connectivity index (χ1n) is 6.81. The molecule has 2 aliphatic rings. The average Bonchev–Trinajstić information content (AvgIpc) is 2.90. The van der Waals surface area contributed by atoms with Gasteiger partial charge in [-0.1, -0.05) is 6.92 Å². The number of hydrogen-bond donors (Lipinski definition) is 2. The molecule has 2 bridgehead atoms. The number of aliphatic carboxylic acids is 1. The van der Waals surface area contributed by atoms with Crippen LogP contribution in [0.1, 0.15) is 45.4 Å². The summed E-state index contributed by atoms with van der Waals surface area (Å²) in [6.07, 6.45) is 6.10. The average molecular weight is 240 g/mol. The van der Waals surface area contributed by atoms with Crippen LogP contribution in [-0.4, -0.2) is 40.6 Å². The van der Waals surface area contributed by atoms with Crippen molar-refractivity contribution >= 4 is 5.97 Å². The largest absolute Gasteiger partial charge is 0.480 e. The van der Waals surface area contributed by atoms with Gasteiger partial charge < -0.3 is 15.7 Å². The minimum atomic E-state index is -1.02. The number of carbonyl (C=O) groups is 1. The van der Waals surface area contributed by atoms with E-state index in [2.05, 4.69) is 4.90 Å². The van der Waals surface area contributed by atoms with E-state index in [0.29, 0.717) is 12.8 Å². The van der Waals surface area contributed by atoms with E-state index in [1.165, 1.54) is 25.8 Å². The monoisotopic (exact) mass is 240 g/mol. The molecule has 17 heavy (non-hydrogen) atoms. The maximum atomic E-state index is 11.1. The predicted molar refractivity (Wildman–Crippen MR) is 66.8 cm³/mol. The number of piperidine rings is 1. The van der Waals surface area contributed by atoms with Crippen LogP contribution in [-0.2, 0) is 4.79 Å². The molecular formula is C13H24N2O2. The van der Waals surface area contributed by atoms with Crippen molar-refractivity contribution in [3.8, 4) is 0 Å². The molecule has 1 heterocycles. The Hall–Kier alpha value is -0.610. The van der Waals surface area contributed by atoms with Crippen LogP contribution in [0.15, 0.2) is 0 Å². The predicted octanol–water partition coefficient (Wildman–Crippen LogP) is 1.44. The maximum Gasteiger partial charge on any atom is 0.323 e. The Kier molecular flexibility index (Phi) is 3.73. The van der Waals surface area contributed by atoms with Crippen LogP contribution >= 0.6 is 0 Å². The summed E-state index contributed by atoms with van der Waals surface area (Å²) in [6, 6.07) is 0.777. The van der Waals surface area contributed by atoms with Gasteiger partial charge in [-0.25, -0.2) is 0 Å². The van der Waals surface area contributed by atoms with E-state index < -0.39 is 11.5 Å². The first kappa shape index (κ1) is 12.8. The van der Waals surface area contributed by atoms with E-state index in [-0.39, 0.29) is 0 Å². The van der Waals surface area contributed by atoms with Crippen molar-refractivity contribution in [2.24, 2.45) is 11.7 Å². The molecule has 3 N–H and O–H groups in total. The molecule has 0 aromatic rings. The van der Waals surface area contributed by atoms with E-state index in [9.17, 15) is 4.79 Å². The van der Waals surface area contributed by atoms with Gasteiger partial charge >= 0.3 is 5.97 Å². The van der Waals surface area contributed by atoms with Gasteiger partial charge in [0.05, 0.1) is 0 Å². The van der Waals surface area contributed by atoms with E-state index in [1.54, 1.807) is 0 Å². The summed E-state index contributed by atoms with van der Waals surface area (Å²) < 4.78 is 0. The molecule has 1 aliphatic heterocycles. The molecule has 3 unspecified atom stereocenters. The fourth-order valence-corrected chi connectivity index (χ4v) is 3.33. The zero-order valence-corrected chi connectivity index (χ0v) is 10.7. The highest BCUT2D eigenvalue weighted by Crippen LogP contribution is 2.37. The van der Waals surface area contributed by atoms with Crippen LogP contribution in [0, 0.1) is 5.92 Å². The van der Waals surface area contributed by atoms with Crippen LogP contribution in [0.2, 0.25) is 0 Å². The van der Waals surface area contributed by atoms with Gasteiger partial charge in [0.2, 0.25) is 0 Å². The number of carboxylic acids is 1. The molecule has 98 valence electrons. The molecule has 0 aromatic heterocycles. The van der Waals surface area contributed by atoms with E-state index in [1.807, 2.05) is 6.92 Å². The van der Waals surface area contributed by atoms with Gasteiger partial charge in [-0.05, 0) is 51.0 Å². The number of likely N-dealkylation sites (tertiary alicyclic amines) is 1. The molecule has 0 spiro atoms. The number of carboxylic acid groups (broad SMARTS) is 1. The lowest BCUT2D eigenvalue weighted by Crippen LogP contribution is -2.48. The Morgan fingerprint density at radius 3 is 2.76 bits per heavy atom. The van der Waals surface area contributed by atoms with Crippen LogP contribution in [0.5, 0.6) is 0 Å². The third-order valence-corrected chi connectivity index (χ3v) is 4.65. The van der Waals surface area contributed by atoms with E-state index >= 15 is 0 Å². The van der Waals surface area contributed by atoms with Gasteiger partial charge in [-0.3, -0.25) is 4.79 Å². The van der Waals surface area contributed by atoms with Crippen molar-refractivity contribution in [1.29, 1.82) is 0 Å². The minimum absolute atomic E-state index is 0.508. The SMILES string of the molecule is CCC(N)(CCCN1CC2CCC1C2)C(=O)O. The molecule has 0 radical (unpaired) electrons. The fourth-order valence-electron chi connectivity index (χ4n) is 3.33. The zero-order valence-electron chi connectivity index (χ0n) is 10.7. The van der Waals surface area contributed by atoms with Crippen molar-refractivity contribution in [1.82, 2.24) is 4.90 Å². The van der Waals surface area contributed by atoms with Gasteiger partial charge in [0.25, 0.3) is 0 Å². The Balaban J connectivity index is 1.74. The molecule has 1 aliphatic carbocycles. The van der Waals surface area contributed by atoms with Gasteiger partial charge in [-0.15, -0.1) is 0 Å². The molecule has 2 rings (SSSR count). The Morgan fingerprint density at radius 1 is 1.53 bits per heavy atom. The highest BCUT2D eigenvalue weighted by molar-refractivity contribution is 5.78. The van der Waals surface area contributed by atoms with Crippen LogP contribution in [0.3, 0.4) is 0 Å². The lowest BCUT2D eigenvalue weighted by atomic mass is 9.91. The molecule has 2 fully saturated rings. The molecule has 4 heteroatoms. The molecule has 3 atom stereocenters. The Morgan fingerprint density at radius 2 is 2.29 bits per heavy atom. The maximum absolute atomic E-state index is 11.1. The fraction of sp³-hybridized carbons (Fsp3) is 0.923. The molecule has 0 amide bonds. The van der Waals surface area contributed by atoms with Crippen LogP contribution in [0.4, 0.5) is 0 Å². The summed E-state index contributed by atoms with van der Waals surface area (Å²) in [5, 5.41) is 9.09. The number of rotatable bonds is 6. The first-order chi connectivity index (χ1) is 8.05. The summed E-state index contributed by atoms with van der Waals surface area (Å²) >= 11 is 0. The minimum Gasteiger partial charge on any atom is -0.480 e. The smallest absolute Gasteiger partial charge is 0.323 e. The normalized spacial score (nSPS) is 31.6. The van der Waals surface area contributed by atoms with Gasteiger partial charge in [0.1, 0.15) is 5.54 Å². The summed E-state index contributed by atoms with van der Waals surface area (Å²) in [5.74, 6) is 0.0521. The topological polar surface area (TPSA) is 66.6 Å². The Labute approximate surface area is 103 Å². The summed E-state index contributed by atoms with van der Waals surface area (Å²) in [4.78, 5) is 13.6. The molecule has 1 saturated carbocycles. The molecule has 4 nitrogen and oxygen atoms in total. The van der Waals surface area contributed by atoms with Crippen molar-refractivity contribution in [2.45, 2.75) is 57.0 Å². The summed E-state index contributed by atoms with van der Waals surface area (Å²) in [7, 11) is 0. The first-order valence-corrected chi connectivity index (χ1v) is 6.81. The van der Waals surface area contributed by atoms with E-state index in [4.69, 9.17) is 10.8 Å². The quantitative estimate of drug-likeness (QED) is 0.737. The molecular weight excluding hydrogens is 216 g/mol. The number of fused-ring (bicyclic) bond motifs is 2. The zero-order chi connectivity index (χ0) is 12.5. The number of nitrogens with two attached hydrogens (primary N) is 1. The molecule has 1 saturated heterocycles. The van der Waals surface area contributed by atoms with Gasteiger partial charge in [0, 0.05) is 12.6 Å². The van der Waals surface area contributed by atoms with Crippen LogP contribution in [0.25, 0.3) is 0 Å². The number of nitrogens with zero attached hydrogens (tertiary/aromatic N) is 1. The lowest BCUT2D eigenvalue weighted by molar-refractivity contribution is -0.143. The third kappa shape index (κ3) is 2.63. The third-order valence-electron chi connectivity index (χ3n) is 4.65. The Bertz CT molecular complexity index is 295. The number of hydrogen-bond acceptors (Lipinski definition) is 3. The van der Waals surface area contributed by atoms with Gasteiger partial charge in [-0.2, -0.15) is 0 Å².